The number of amides is 1. The van der Waals surface area contributed by atoms with E-state index in [4.69, 9.17) is 13.9 Å². The predicted molar refractivity (Wildman–Crippen MR) is 115 cm³/mol. The van der Waals surface area contributed by atoms with E-state index in [1.807, 2.05) is 30.3 Å². The van der Waals surface area contributed by atoms with E-state index in [0.29, 0.717) is 24.7 Å². The highest BCUT2D eigenvalue weighted by Gasteiger charge is 2.20. The van der Waals surface area contributed by atoms with Crippen molar-refractivity contribution in [3.63, 3.8) is 0 Å². The maximum Gasteiger partial charge on any atom is 0.244 e. The normalized spacial score (nSPS) is 12.1. The summed E-state index contributed by atoms with van der Waals surface area (Å²) in [4.78, 5) is 14.6. The first kappa shape index (κ1) is 22.3. The Balaban J connectivity index is 2.00. The average Bonchev–Trinajstić information content (AvgIpc) is 3.28. The molecule has 1 heterocycles. The molecule has 2 rings (SSSR count). The Morgan fingerprint density at radius 2 is 2.07 bits per heavy atom. The molecule has 1 aromatic heterocycles. The van der Waals surface area contributed by atoms with Crippen LogP contribution in [0.15, 0.2) is 59.7 Å². The molecule has 0 saturated heterocycles. The molecule has 0 aliphatic heterocycles. The van der Waals surface area contributed by atoms with Gasteiger partial charge in [-0.05, 0) is 49.0 Å². The molecule has 0 radical (unpaired) electrons. The molecule has 1 N–H and O–H groups in total. The third-order valence-electron chi connectivity index (χ3n) is 4.57. The Hall–Kier alpha value is -2.99. The minimum atomic E-state index is -0.167. The van der Waals surface area contributed by atoms with E-state index in [1.165, 1.54) is 6.08 Å². The Morgan fingerprint density at radius 3 is 2.69 bits per heavy atom. The molecule has 0 fully saturated rings. The number of hydrogen-bond donors (Lipinski definition) is 1. The van der Waals surface area contributed by atoms with Crippen LogP contribution in [0.1, 0.15) is 31.2 Å². The van der Waals surface area contributed by atoms with Crippen molar-refractivity contribution < 1.29 is 18.7 Å². The minimum Gasteiger partial charge on any atom is -0.493 e. The quantitative estimate of drug-likeness (QED) is 0.431. The summed E-state index contributed by atoms with van der Waals surface area (Å²) in [5.41, 5.74) is 0.842. The molecule has 0 aliphatic carbocycles. The third-order valence-corrected chi connectivity index (χ3v) is 4.57. The lowest BCUT2D eigenvalue weighted by Crippen LogP contribution is -2.37. The summed E-state index contributed by atoms with van der Waals surface area (Å²) in [6.45, 7) is 10.4. The molecule has 0 bridgehead atoms. The molecule has 1 unspecified atom stereocenters. The van der Waals surface area contributed by atoms with Crippen LogP contribution in [0.5, 0.6) is 11.5 Å². The van der Waals surface area contributed by atoms with Gasteiger partial charge in [0.15, 0.2) is 11.5 Å². The number of furan rings is 1. The van der Waals surface area contributed by atoms with E-state index >= 15 is 0 Å². The molecule has 0 spiro atoms. The lowest BCUT2D eigenvalue weighted by molar-refractivity contribution is -0.116. The van der Waals surface area contributed by atoms with Crippen LogP contribution in [0.25, 0.3) is 6.08 Å². The van der Waals surface area contributed by atoms with Crippen molar-refractivity contribution in [3.8, 4) is 11.5 Å². The van der Waals surface area contributed by atoms with Crippen LogP contribution in [0.4, 0.5) is 0 Å². The minimum absolute atomic E-state index is 0.00117. The number of rotatable bonds is 12. The first-order chi connectivity index (χ1) is 14.1. The van der Waals surface area contributed by atoms with Gasteiger partial charge in [0.05, 0.1) is 19.4 Å². The fourth-order valence-electron chi connectivity index (χ4n) is 3.04. The molecule has 6 nitrogen and oxygen atoms in total. The predicted octanol–water partition coefficient (Wildman–Crippen LogP) is 4.07. The van der Waals surface area contributed by atoms with Gasteiger partial charge in [0, 0.05) is 12.6 Å². The highest BCUT2D eigenvalue weighted by molar-refractivity contribution is 5.91. The van der Waals surface area contributed by atoms with E-state index in [2.05, 4.69) is 30.6 Å². The molecule has 1 atom stereocenters. The second-order valence-corrected chi connectivity index (χ2v) is 6.34. The number of carbonyl (C=O) groups excluding carboxylic acids is 1. The van der Waals surface area contributed by atoms with Gasteiger partial charge in [-0.1, -0.05) is 32.6 Å². The lowest BCUT2D eigenvalue weighted by atomic mass is 10.1. The van der Waals surface area contributed by atoms with Crippen LogP contribution in [-0.4, -0.2) is 44.2 Å². The molecule has 0 saturated carbocycles. The molecule has 1 aromatic carbocycles. The van der Waals surface area contributed by atoms with Crippen LogP contribution in [-0.2, 0) is 4.79 Å². The number of nitrogens with zero attached hydrogens (tertiary/aromatic N) is 1. The molecule has 0 aliphatic rings. The fourth-order valence-corrected chi connectivity index (χ4v) is 3.04. The zero-order chi connectivity index (χ0) is 21.1. The van der Waals surface area contributed by atoms with Gasteiger partial charge < -0.3 is 19.2 Å². The van der Waals surface area contributed by atoms with Gasteiger partial charge in [0.25, 0.3) is 0 Å². The molecule has 29 heavy (non-hydrogen) atoms. The van der Waals surface area contributed by atoms with Crippen molar-refractivity contribution in [1.29, 1.82) is 0 Å². The van der Waals surface area contributed by atoms with Gasteiger partial charge in [-0.2, -0.15) is 0 Å². The zero-order valence-corrected chi connectivity index (χ0v) is 17.4. The van der Waals surface area contributed by atoms with Crippen molar-refractivity contribution in [1.82, 2.24) is 10.2 Å². The second kappa shape index (κ2) is 11.8. The van der Waals surface area contributed by atoms with Crippen LogP contribution < -0.4 is 14.8 Å². The maximum absolute atomic E-state index is 12.3. The number of ether oxygens (including phenoxy) is 2. The largest absolute Gasteiger partial charge is 0.493 e. The van der Waals surface area contributed by atoms with Gasteiger partial charge in [-0.3, -0.25) is 9.69 Å². The van der Waals surface area contributed by atoms with Gasteiger partial charge in [-0.15, -0.1) is 0 Å². The highest BCUT2D eigenvalue weighted by Crippen LogP contribution is 2.28. The molecule has 156 valence electrons. The molecule has 6 heteroatoms. The zero-order valence-electron chi connectivity index (χ0n) is 17.4. The Bertz CT molecular complexity index is 795. The lowest BCUT2D eigenvalue weighted by Gasteiger charge is -2.28. The molecule has 1 amide bonds. The van der Waals surface area contributed by atoms with E-state index in [-0.39, 0.29) is 11.9 Å². The summed E-state index contributed by atoms with van der Waals surface area (Å²) in [5, 5.41) is 2.96. The van der Waals surface area contributed by atoms with Crippen LogP contribution in [0.2, 0.25) is 0 Å². The fraction of sp³-hybridized carbons (Fsp3) is 0.348. The Labute approximate surface area is 172 Å². The second-order valence-electron chi connectivity index (χ2n) is 6.34. The van der Waals surface area contributed by atoms with E-state index in [0.717, 1.165) is 24.4 Å². The van der Waals surface area contributed by atoms with Crippen molar-refractivity contribution in [2.24, 2.45) is 0 Å². The summed E-state index contributed by atoms with van der Waals surface area (Å²) in [6, 6.07) is 9.30. The van der Waals surface area contributed by atoms with Crippen molar-refractivity contribution in [2.75, 3.05) is 33.4 Å². The van der Waals surface area contributed by atoms with Gasteiger partial charge >= 0.3 is 0 Å². The van der Waals surface area contributed by atoms with Gasteiger partial charge in [-0.25, -0.2) is 0 Å². The Morgan fingerprint density at radius 1 is 1.28 bits per heavy atom. The number of nitrogens with one attached hydrogen (secondary N) is 1. The number of carbonyl (C=O) groups is 1. The van der Waals surface area contributed by atoms with Crippen LogP contribution in [0.3, 0.4) is 0 Å². The number of benzene rings is 1. The van der Waals surface area contributed by atoms with Crippen LogP contribution >= 0.6 is 0 Å². The van der Waals surface area contributed by atoms with Gasteiger partial charge in [0.2, 0.25) is 5.91 Å². The Kier molecular flexibility index (Phi) is 9.05. The van der Waals surface area contributed by atoms with E-state index in [1.54, 1.807) is 25.5 Å². The average molecular weight is 399 g/mol. The first-order valence-electron chi connectivity index (χ1n) is 9.78. The van der Waals surface area contributed by atoms with E-state index in [9.17, 15) is 4.79 Å². The summed E-state index contributed by atoms with van der Waals surface area (Å²) in [6.07, 6.45) is 6.59. The summed E-state index contributed by atoms with van der Waals surface area (Å²) in [5.74, 6) is 1.92. The number of likely N-dealkylation sites (N-methyl/N-ethyl adjacent to an activating group) is 1. The van der Waals surface area contributed by atoms with E-state index < -0.39 is 0 Å². The SMILES string of the molecule is C=CCOc1ccc(/C=C/C(=O)NCC(c2ccco2)N(CC)CC)cc1OC. The number of hydrogen-bond acceptors (Lipinski definition) is 5. The monoisotopic (exact) mass is 398 g/mol. The standard InChI is InChI=1S/C23H30N2O4/c1-5-14-28-21-12-10-18(16-22(21)27-4)11-13-23(26)24-17-19(25(6-2)7-3)20-9-8-15-29-20/h5,8-13,15-16,19H,1,6-7,14,17H2,2-4H3,(H,24,26)/b13-11+. The highest BCUT2D eigenvalue weighted by atomic mass is 16.5. The molecular weight excluding hydrogens is 368 g/mol. The number of methoxy groups -OCH3 is 1. The third kappa shape index (κ3) is 6.54. The van der Waals surface area contributed by atoms with Crippen molar-refractivity contribution in [2.45, 2.75) is 19.9 Å². The molecular formula is C23H30N2O4. The maximum atomic E-state index is 12.3. The van der Waals surface area contributed by atoms with Crippen LogP contribution in [0, 0.1) is 0 Å². The summed E-state index contributed by atoms with van der Waals surface area (Å²) in [7, 11) is 1.58. The van der Waals surface area contributed by atoms with Crippen molar-refractivity contribution in [3.05, 3.63) is 66.6 Å². The topological polar surface area (TPSA) is 63.9 Å². The first-order valence-corrected chi connectivity index (χ1v) is 9.78. The van der Waals surface area contributed by atoms with Gasteiger partial charge in [0.1, 0.15) is 12.4 Å². The summed E-state index contributed by atoms with van der Waals surface area (Å²) >= 11 is 0. The molecule has 2 aromatic rings. The summed E-state index contributed by atoms with van der Waals surface area (Å²) < 4.78 is 16.5. The van der Waals surface area contributed by atoms with Crippen molar-refractivity contribution >= 4 is 12.0 Å². The smallest absolute Gasteiger partial charge is 0.244 e.